The molecule has 2 aromatic rings. The molecule has 0 spiro atoms. The van der Waals surface area contributed by atoms with Crippen molar-refractivity contribution >= 4 is 28.8 Å². The summed E-state index contributed by atoms with van der Waals surface area (Å²) in [7, 11) is 0. The van der Waals surface area contributed by atoms with E-state index in [-0.39, 0.29) is 6.10 Å². The number of halogens is 1. The predicted octanol–water partition coefficient (Wildman–Crippen LogP) is 1.65. The Bertz CT molecular complexity index is 589. The van der Waals surface area contributed by atoms with E-state index >= 15 is 0 Å². The summed E-state index contributed by atoms with van der Waals surface area (Å²) in [5, 5.41) is 16.4. The van der Waals surface area contributed by atoms with Crippen molar-refractivity contribution in [1.29, 1.82) is 0 Å². The molecule has 0 saturated carbocycles. The van der Waals surface area contributed by atoms with E-state index in [4.69, 9.17) is 16.0 Å². The third-order valence-corrected chi connectivity index (χ3v) is 3.68. The molecule has 0 amide bonds. The van der Waals surface area contributed by atoms with Gasteiger partial charge in [0, 0.05) is 13.1 Å². The fourth-order valence-corrected chi connectivity index (χ4v) is 2.62. The Hall–Kier alpha value is -1.37. The van der Waals surface area contributed by atoms with Gasteiger partial charge in [0.15, 0.2) is 5.58 Å². The van der Waals surface area contributed by atoms with Crippen LogP contribution in [0.15, 0.2) is 16.5 Å². The fraction of sp³-hybridized carbons (Fsp3) is 0.538. The SMILES string of the molecule is O[C@@H]1CNC[C@H](CCNc2nc3nc(Cl)ccc3o2)C1. The molecule has 1 fully saturated rings. The van der Waals surface area contributed by atoms with E-state index in [2.05, 4.69) is 20.6 Å². The van der Waals surface area contributed by atoms with Crippen molar-refractivity contribution in [2.45, 2.75) is 18.9 Å². The molecule has 3 heterocycles. The fourth-order valence-electron chi connectivity index (χ4n) is 2.48. The topological polar surface area (TPSA) is 83.2 Å². The van der Waals surface area contributed by atoms with Crippen molar-refractivity contribution in [2.75, 3.05) is 25.0 Å². The zero-order valence-corrected chi connectivity index (χ0v) is 11.7. The summed E-state index contributed by atoms with van der Waals surface area (Å²) in [5.41, 5.74) is 1.13. The Kier molecular flexibility index (Phi) is 4.05. The number of pyridine rings is 1. The molecule has 3 N–H and O–H groups in total. The number of aliphatic hydroxyl groups is 1. The normalized spacial score (nSPS) is 23.1. The van der Waals surface area contributed by atoms with Crippen LogP contribution in [-0.4, -0.2) is 40.8 Å². The van der Waals surface area contributed by atoms with Gasteiger partial charge >= 0.3 is 0 Å². The van der Waals surface area contributed by atoms with Gasteiger partial charge in [0.05, 0.1) is 6.10 Å². The Morgan fingerprint density at radius 3 is 3.15 bits per heavy atom. The minimum Gasteiger partial charge on any atom is -0.422 e. The lowest BCUT2D eigenvalue weighted by Gasteiger charge is -2.26. The monoisotopic (exact) mass is 296 g/mol. The van der Waals surface area contributed by atoms with Crippen LogP contribution in [0, 0.1) is 5.92 Å². The maximum absolute atomic E-state index is 9.58. The molecule has 0 bridgehead atoms. The summed E-state index contributed by atoms with van der Waals surface area (Å²) < 4.78 is 5.53. The number of nitrogens with one attached hydrogen (secondary N) is 2. The number of nitrogens with zero attached hydrogens (tertiary/aromatic N) is 2. The summed E-state index contributed by atoms with van der Waals surface area (Å²) in [5.74, 6) is 0.475. The second-order valence-electron chi connectivity index (χ2n) is 5.10. The molecule has 2 aromatic heterocycles. The third kappa shape index (κ3) is 3.20. The lowest BCUT2D eigenvalue weighted by Crippen LogP contribution is -2.39. The van der Waals surface area contributed by atoms with Crippen molar-refractivity contribution in [3.63, 3.8) is 0 Å². The number of hydrogen-bond donors (Lipinski definition) is 3. The highest BCUT2D eigenvalue weighted by Crippen LogP contribution is 2.20. The van der Waals surface area contributed by atoms with E-state index in [0.29, 0.717) is 34.9 Å². The number of β-amino-alcohol motifs (C(OH)–C–C–N with tert-alkyl or cyclic N) is 1. The molecular formula is C13H17ClN4O2. The molecule has 1 saturated heterocycles. The summed E-state index contributed by atoms with van der Waals surface area (Å²) in [6.45, 7) is 2.39. The molecule has 2 atom stereocenters. The van der Waals surface area contributed by atoms with E-state index in [1.807, 2.05) is 0 Å². The van der Waals surface area contributed by atoms with Gasteiger partial charge in [0.1, 0.15) is 5.15 Å². The molecule has 20 heavy (non-hydrogen) atoms. The Morgan fingerprint density at radius 1 is 1.40 bits per heavy atom. The van der Waals surface area contributed by atoms with E-state index in [9.17, 15) is 5.11 Å². The average Bonchev–Trinajstić information content (AvgIpc) is 2.80. The van der Waals surface area contributed by atoms with Crippen LogP contribution in [0.1, 0.15) is 12.8 Å². The summed E-state index contributed by atoms with van der Waals surface area (Å²) in [4.78, 5) is 8.31. The van der Waals surface area contributed by atoms with Gasteiger partial charge in [-0.25, -0.2) is 4.98 Å². The van der Waals surface area contributed by atoms with E-state index in [0.717, 1.165) is 25.9 Å². The van der Waals surface area contributed by atoms with E-state index in [1.165, 1.54) is 0 Å². The molecular weight excluding hydrogens is 280 g/mol. The minimum atomic E-state index is -0.232. The quantitative estimate of drug-likeness (QED) is 0.744. The summed E-state index contributed by atoms with van der Waals surface area (Å²) >= 11 is 5.80. The van der Waals surface area contributed by atoms with E-state index < -0.39 is 0 Å². The highest BCUT2D eigenvalue weighted by molar-refractivity contribution is 6.29. The first kappa shape index (κ1) is 13.6. The van der Waals surface area contributed by atoms with Gasteiger partial charge in [-0.2, -0.15) is 4.98 Å². The number of rotatable bonds is 4. The van der Waals surface area contributed by atoms with Crippen LogP contribution in [0.25, 0.3) is 11.2 Å². The lowest BCUT2D eigenvalue weighted by molar-refractivity contribution is 0.112. The number of aromatic nitrogens is 2. The molecule has 3 rings (SSSR count). The Morgan fingerprint density at radius 2 is 2.30 bits per heavy atom. The number of hydrogen-bond acceptors (Lipinski definition) is 6. The minimum absolute atomic E-state index is 0.232. The van der Waals surface area contributed by atoms with Gasteiger partial charge in [-0.3, -0.25) is 0 Å². The molecule has 0 unspecified atom stereocenters. The van der Waals surface area contributed by atoms with Crippen LogP contribution in [0.5, 0.6) is 0 Å². The second kappa shape index (κ2) is 5.95. The third-order valence-electron chi connectivity index (χ3n) is 3.47. The Balaban J connectivity index is 1.54. The number of anilines is 1. The highest BCUT2D eigenvalue weighted by Gasteiger charge is 2.19. The molecule has 1 aliphatic rings. The smallest absolute Gasteiger partial charge is 0.297 e. The molecule has 1 aliphatic heterocycles. The van der Waals surface area contributed by atoms with Crippen LogP contribution in [0.2, 0.25) is 5.15 Å². The molecule has 0 aromatic carbocycles. The van der Waals surface area contributed by atoms with Gasteiger partial charge in [-0.05, 0) is 37.4 Å². The summed E-state index contributed by atoms with van der Waals surface area (Å²) in [6, 6.07) is 3.89. The first-order valence-corrected chi connectivity index (χ1v) is 7.14. The van der Waals surface area contributed by atoms with Crippen LogP contribution in [0.3, 0.4) is 0 Å². The van der Waals surface area contributed by atoms with Crippen molar-refractivity contribution in [2.24, 2.45) is 5.92 Å². The first-order chi connectivity index (χ1) is 9.70. The standard InChI is InChI=1S/C13H17ClN4O2/c14-11-2-1-10-12(17-11)18-13(20-10)16-4-3-8-5-9(19)7-15-6-8/h1-2,8-9,15,19H,3-7H2,(H,16,17,18)/t8-,9+/m1/s1. The Labute approximate surface area is 121 Å². The van der Waals surface area contributed by atoms with Crippen LogP contribution in [-0.2, 0) is 0 Å². The van der Waals surface area contributed by atoms with Gasteiger partial charge in [0.2, 0.25) is 5.65 Å². The highest BCUT2D eigenvalue weighted by atomic mass is 35.5. The second-order valence-corrected chi connectivity index (χ2v) is 5.49. The van der Waals surface area contributed by atoms with Crippen LogP contribution >= 0.6 is 11.6 Å². The zero-order chi connectivity index (χ0) is 13.9. The van der Waals surface area contributed by atoms with Crippen LogP contribution in [0.4, 0.5) is 6.01 Å². The van der Waals surface area contributed by atoms with Gasteiger partial charge in [0.25, 0.3) is 6.01 Å². The molecule has 0 radical (unpaired) electrons. The number of aliphatic hydroxyl groups excluding tert-OH is 1. The molecule has 6 nitrogen and oxygen atoms in total. The maximum Gasteiger partial charge on any atom is 0.297 e. The van der Waals surface area contributed by atoms with Gasteiger partial charge in [-0.15, -0.1) is 0 Å². The van der Waals surface area contributed by atoms with Crippen molar-refractivity contribution in [1.82, 2.24) is 15.3 Å². The first-order valence-electron chi connectivity index (χ1n) is 6.76. The lowest BCUT2D eigenvalue weighted by atomic mass is 9.94. The van der Waals surface area contributed by atoms with Crippen LogP contribution < -0.4 is 10.6 Å². The van der Waals surface area contributed by atoms with Gasteiger partial charge < -0.3 is 20.2 Å². The average molecular weight is 297 g/mol. The summed E-state index contributed by atoms with van der Waals surface area (Å²) in [6.07, 6.45) is 1.57. The number of fused-ring (bicyclic) bond motifs is 1. The van der Waals surface area contributed by atoms with E-state index in [1.54, 1.807) is 12.1 Å². The zero-order valence-electron chi connectivity index (χ0n) is 11.0. The number of piperidine rings is 1. The van der Waals surface area contributed by atoms with Crippen molar-refractivity contribution in [3.8, 4) is 0 Å². The molecule has 108 valence electrons. The van der Waals surface area contributed by atoms with Gasteiger partial charge in [-0.1, -0.05) is 11.6 Å². The molecule has 0 aliphatic carbocycles. The number of oxazole rings is 1. The van der Waals surface area contributed by atoms with Crippen molar-refractivity contribution in [3.05, 3.63) is 17.3 Å². The maximum atomic E-state index is 9.58. The van der Waals surface area contributed by atoms with Crippen molar-refractivity contribution < 1.29 is 9.52 Å². The predicted molar refractivity (Wildman–Crippen MR) is 76.9 cm³/mol. The largest absolute Gasteiger partial charge is 0.422 e. The molecule has 7 heteroatoms.